The lowest BCUT2D eigenvalue weighted by Gasteiger charge is -2.16. The number of ether oxygens (including phenoxy) is 7. The Morgan fingerprint density at radius 1 is 0.690 bits per heavy atom. The lowest BCUT2D eigenvalue weighted by molar-refractivity contribution is -0.645. The molecule has 312 valence electrons. The fourth-order valence-electron chi connectivity index (χ4n) is 6.15. The monoisotopic (exact) mass is 827 g/mol. The number of hydrogen-bond donors (Lipinski definition) is 3. The number of nitrogens with zero attached hydrogens (tertiary/aromatic N) is 2. The molecule has 0 radical (unpaired) electrons. The van der Waals surface area contributed by atoms with Gasteiger partial charge in [-0.2, -0.15) is 13.0 Å². The second-order valence-electron chi connectivity index (χ2n) is 13.0. The van der Waals surface area contributed by atoms with Gasteiger partial charge in [-0.1, -0.05) is 0 Å². The highest BCUT2D eigenvalue weighted by atomic mass is 32.2. The first-order valence-electron chi connectivity index (χ1n) is 18.2. The summed E-state index contributed by atoms with van der Waals surface area (Å²) in [5, 5.41) is 20.7. The molecule has 3 N–H and O–H groups in total. The van der Waals surface area contributed by atoms with Crippen LogP contribution >= 0.6 is 0 Å². The van der Waals surface area contributed by atoms with Crippen molar-refractivity contribution in [1.29, 1.82) is 0 Å². The number of aromatic nitrogens is 2. The predicted octanol–water partition coefficient (Wildman–Crippen LogP) is 3.96. The lowest BCUT2D eigenvalue weighted by Crippen LogP contribution is -2.37. The lowest BCUT2D eigenvalue weighted by atomic mass is 10.0. The second-order valence-corrected chi connectivity index (χ2v) is 14.6. The zero-order valence-corrected chi connectivity index (χ0v) is 33.4. The molecule has 5 aromatic rings. The number of benzene rings is 3. The molecule has 0 saturated heterocycles. The van der Waals surface area contributed by atoms with Crippen molar-refractivity contribution in [3.8, 4) is 29.0 Å². The topological polar surface area (TPSA) is 212 Å². The van der Waals surface area contributed by atoms with E-state index in [1.807, 2.05) is 4.57 Å². The minimum atomic E-state index is -4.26. The molecule has 0 aliphatic rings. The number of pyridine rings is 1. The van der Waals surface area contributed by atoms with Gasteiger partial charge in [-0.3, -0.25) is 4.55 Å². The molecule has 17 nitrogen and oxygen atoms in total. The molecule has 0 atom stereocenters. The van der Waals surface area contributed by atoms with E-state index in [0.717, 1.165) is 12.1 Å². The standard InChI is InChI=1S/C40H46N2O15S/c1-26-22-28(39(45)57-42-35(43)10-11-36(42)44)23-27(2)38(26)56-40(46)37-31-24-29(54-19-17-52-15-13-50-3)6-8-33(31)41(12-5-21-58(47,48)49)34-9-7-30(25-32(34)37)55-20-18-53-16-14-51-4/h6-11,22-25H,5,12-21H2,1-4H3,(H2,46,47,48,49)/p+1. The van der Waals surface area contributed by atoms with Crippen LogP contribution in [-0.4, -0.2) is 113 Å². The van der Waals surface area contributed by atoms with Crippen LogP contribution in [0.4, 0.5) is 0 Å². The van der Waals surface area contributed by atoms with Crippen LogP contribution in [0.25, 0.3) is 21.8 Å². The first-order chi connectivity index (χ1) is 27.8. The van der Waals surface area contributed by atoms with Crippen molar-refractivity contribution < 1.29 is 75.3 Å². The van der Waals surface area contributed by atoms with Crippen LogP contribution < -0.4 is 23.6 Å². The van der Waals surface area contributed by atoms with E-state index in [-0.39, 0.29) is 56.3 Å². The largest absolute Gasteiger partial charge is 0.492 e. The molecule has 0 amide bonds. The number of fused-ring (bicyclic) bond motifs is 2. The third kappa shape index (κ3) is 11.3. The maximum Gasteiger partial charge on any atom is 0.363 e. The SMILES string of the molecule is COCCOCCOc1ccc2c(c1)c(C(=O)Oc1c(C)cc(C(=O)On3c(O)ccc3O)cc1C)c1cc(OCCOCCOC)ccc1[n+]2CCCS(=O)(=O)O. The van der Waals surface area contributed by atoms with Gasteiger partial charge in [0.25, 0.3) is 10.1 Å². The van der Waals surface area contributed by atoms with Crippen molar-refractivity contribution in [3.63, 3.8) is 0 Å². The highest BCUT2D eigenvalue weighted by Crippen LogP contribution is 2.33. The molecule has 0 aliphatic carbocycles. The van der Waals surface area contributed by atoms with Gasteiger partial charge in [0.15, 0.2) is 6.54 Å². The van der Waals surface area contributed by atoms with Gasteiger partial charge in [0.05, 0.1) is 67.3 Å². The van der Waals surface area contributed by atoms with E-state index in [0.29, 0.717) is 75.6 Å². The van der Waals surface area contributed by atoms with Gasteiger partial charge in [-0.05, 0) is 61.4 Å². The van der Waals surface area contributed by atoms with Crippen molar-refractivity contribution in [3.05, 3.63) is 82.9 Å². The average molecular weight is 828 g/mol. The Kier molecular flexibility index (Phi) is 15.2. The fraction of sp³-hybridized carbons (Fsp3) is 0.375. The summed E-state index contributed by atoms with van der Waals surface area (Å²) in [7, 11) is -1.11. The summed E-state index contributed by atoms with van der Waals surface area (Å²) in [6.45, 7) is 5.98. The van der Waals surface area contributed by atoms with Crippen LogP contribution in [0, 0.1) is 13.8 Å². The van der Waals surface area contributed by atoms with Crippen LogP contribution in [0.15, 0.2) is 60.7 Å². The molecule has 0 spiro atoms. The Bertz CT molecular complexity index is 2220. The zero-order chi connectivity index (χ0) is 41.8. The highest BCUT2D eigenvalue weighted by Gasteiger charge is 2.28. The molecule has 0 unspecified atom stereocenters. The predicted molar refractivity (Wildman–Crippen MR) is 209 cm³/mol. The first-order valence-corrected chi connectivity index (χ1v) is 19.9. The molecule has 2 heterocycles. The number of aromatic hydroxyl groups is 2. The molecule has 58 heavy (non-hydrogen) atoms. The zero-order valence-electron chi connectivity index (χ0n) is 32.6. The molecule has 3 aromatic carbocycles. The van der Waals surface area contributed by atoms with Crippen LogP contribution in [-0.2, 0) is 35.6 Å². The molecule has 5 rings (SSSR count). The van der Waals surface area contributed by atoms with E-state index < -0.39 is 39.6 Å². The molecule has 0 saturated carbocycles. The highest BCUT2D eigenvalue weighted by molar-refractivity contribution is 7.85. The van der Waals surface area contributed by atoms with E-state index >= 15 is 0 Å². The number of carbonyl (C=O) groups is 2. The average Bonchev–Trinajstić information content (AvgIpc) is 3.50. The normalized spacial score (nSPS) is 11.6. The number of rotatable bonds is 22. The third-order valence-corrected chi connectivity index (χ3v) is 9.57. The Labute approximate surface area is 334 Å². The summed E-state index contributed by atoms with van der Waals surface area (Å²) in [6, 6.07) is 15.5. The quantitative estimate of drug-likeness (QED) is 0.0225. The van der Waals surface area contributed by atoms with Gasteiger partial charge >= 0.3 is 11.9 Å². The molecular formula is C40H47N2O15S+. The van der Waals surface area contributed by atoms with E-state index in [1.165, 1.54) is 12.1 Å². The first kappa shape index (κ1) is 43.6. The van der Waals surface area contributed by atoms with Gasteiger partial charge < -0.3 is 48.2 Å². The molecule has 0 fully saturated rings. The summed E-state index contributed by atoms with van der Waals surface area (Å²) < 4.78 is 74.6. The van der Waals surface area contributed by atoms with Gasteiger partial charge in [-0.25, -0.2) is 9.59 Å². The third-order valence-electron chi connectivity index (χ3n) is 8.76. The minimum Gasteiger partial charge on any atom is -0.492 e. The summed E-state index contributed by atoms with van der Waals surface area (Å²) in [5.74, 6) is -2.12. The van der Waals surface area contributed by atoms with Crippen LogP contribution in [0.5, 0.6) is 29.0 Å². The van der Waals surface area contributed by atoms with Gasteiger partial charge in [0, 0.05) is 44.9 Å². The van der Waals surface area contributed by atoms with E-state index in [9.17, 15) is 32.8 Å². The van der Waals surface area contributed by atoms with Gasteiger partial charge in [0.2, 0.25) is 22.8 Å². The second kappa shape index (κ2) is 20.3. The van der Waals surface area contributed by atoms with Crippen LogP contribution in [0.3, 0.4) is 0 Å². The number of carbonyl (C=O) groups excluding carboxylic acids is 2. The van der Waals surface area contributed by atoms with Crippen LogP contribution in [0.1, 0.15) is 38.3 Å². The Morgan fingerprint density at radius 3 is 1.67 bits per heavy atom. The molecule has 0 aliphatic heterocycles. The molecule has 18 heteroatoms. The van der Waals surface area contributed by atoms with Crippen molar-refractivity contribution >= 4 is 43.9 Å². The van der Waals surface area contributed by atoms with Gasteiger partial charge in [0.1, 0.15) is 30.5 Å². The molecule has 0 bridgehead atoms. The molecule has 2 aromatic heterocycles. The maximum atomic E-state index is 14.6. The maximum absolute atomic E-state index is 14.6. The van der Waals surface area contributed by atoms with E-state index in [4.69, 9.17) is 38.0 Å². The summed E-state index contributed by atoms with van der Waals surface area (Å²) >= 11 is 0. The van der Waals surface area contributed by atoms with Crippen molar-refractivity contribution in [2.45, 2.75) is 26.8 Å². The summed E-state index contributed by atoms with van der Waals surface area (Å²) in [5.41, 5.74) is 2.09. The van der Waals surface area contributed by atoms with Crippen molar-refractivity contribution in [1.82, 2.24) is 4.73 Å². The smallest absolute Gasteiger partial charge is 0.363 e. The summed E-state index contributed by atoms with van der Waals surface area (Å²) in [4.78, 5) is 32.8. The Morgan fingerprint density at radius 2 is 1.19 bits per heavy atom. The Hall–Kier alpha value is -5.50. The number of aryl methyl sites for hydroxylation is 3. The Balaban J connectivity index is 1.57. The van der Waals surface area contributed by atoms with E-state index in [2.05, 4.69) is 0 Å². The van der Waals surface area contributed by atoms with Crippen molar-refractivity contribution in [2.24, 2.45) is 0 Å². The van der Waals surface area contributed by atoms with E-state index in [1.54, 1.807) is 64.5 Å². The molecular weight excluding hydrogens is 781 g/mol. The summed E-state index contributed by atoms with van der Waals surface area (Å²) in [6.07, 6.45) is 0.0579. The number of esters is 1. The number of hydrogen-bond acceptors (Lipinski definition) is 14. The van der Waals surface area contributed by atoms with Gasteiger partial charge in [-0.15, -0.1) is 4.73 Å². The number of methoxy groups -OCH3 is 2. The van der Waals surface area contributed by atoms with Crippen molar-refractivity contribution in [2.75, 3.05) is 72.8 Å². The fourth-order valence-corrected chi connectivity index (χ4v) is 6.65. The minimum absolute atomic E-state index is 0.0579. The van der Waals surface area contributed by atoms with Crippen LogP contribution in [0.2, 0.25) is 0 Å².